The maximum Gasteiger partial charge on any atom is 0.260 e. The Morgan fingerprint density at radius 2 is 2.22 bits per heavy atom. The van der Waals surface area contributed by atoms with Gasteiger partial charge in [-0.15, -0.1) is 0 Å². The normalized spacial score (nSPS) is 12.0. The molecule has 1 atom stereocenters. The molecule has 0 bridgehead atoms. The molecular formula is C13H19ClN2O2. The number of carbonyl (C=O) groups is 1. The Hall–Kier alpha value is -1.26. The lowest BCUT2D eigenvalue weighted by molar-refractivity contribution is -0.126. The summed E-state index contributed by atoms with van der Waals surface area (Å²) in [5.41, 5.74) is 0.945. The van der Waals surface area contributed by atoms with Gasteiger partial charge >= 0.3 is 0 Å². The number of hydrogen-bond donors (Lipinski definition) is 2. The standard InChI is InChI=1S/C13H19ClN2O2/c1-4-16-8-10-6-5-7-11(14)12(10)18-9(2)13(17)15-3/h5-7,9,16H,4,8H2,1-3H3,(H,15,17). The van der Waals surface area contributed by atoms with E-state index in [1.165, 1.54) is 0 Å². The van der Waals surface area contributed by atoms with Gasteiger partial charge in [-0.2, -0.15) is 0 Å². The Kier molecular flexibility index (Phi) is 5.95. The average Bonchev–Trinajstić information content (AvgIpc) is 2.38. The molecule has 1 unspecified atom stereocenters. The molecule has 5 heteroatoms. The summed E-state index contributed by atoms with van der Waals surface area (Å²) >= 11 is 6.12. The molecule has 0 fully saturated rings. The van der Waals surface area contributed by atoms with Crippen LogP contribution in [-0.2, 0) is 11.3 Å². The zero-order chi connectivity index (χ0) is 13.5. The first-order chi connectivity index (χ1) is 8.60. The van der Waals surface area contributed by atoms with E-state index < -0.39 is 6.10 Å². The first-order valence-electron chi connectivity index (χ1n) is 5.96. The molecule has 0 aromatic heterocycles. The Labute approximate surface area is 113 Å². The highest BCUT2D eigenvalue weighted by Crippen LogP contribution is 2.29. The van der Waals surface area contributed by atoms with Gasteiger partial charge in [0.2, 0.25) is 0 Å². The van der Waals surface area contributed by atoms with Crippen LogP contribution in [0, 0.1) is 0 Å². The zero-order valence-electron chi connectivity index (χ0n) is 10.9. The molecule has 0 saturated heterocycles. The van der Waals surface area contributed by atoms with Crippen LogP contribution in [0.4, 0.5) is 0 Å². The molecule has 0 saturated carbocycles. The maximum absolute atomic E-state index is 11.5. The van der Waals surface area contributed by atoms with Crippen molar-refractivity contribution in [1.82, 2.24) is 10.6 Å². The van der Waals surface area contributed by atoms with Crippen molar-refractivity contribution in [3.8, 4) is 5.75 Å². The van der Waals surface area contributed by atoms with Crippen molar-refractivity contribution in [2.45, 2.75) is 26.5 Å². The number of rotatable bonds is 6. The fourth-order valence-electron chi connectivity index (χ4n) is 1.52. The number of halogens is 1. The van der Waals surface area contributed by atoms with Gasteiger partial charge in [-0.05, 0) is 19.5 Å². The zero-order valence-corrected chi connectivity index (χ0v) is 11.7. The summed E-state index contributed by atoms with van der Waals surface area (Å²) in [6.45, 7) is 5.24. The van der Waals surface area contributed by atoms with Crippen LogP contribution in [0.2, 0.25) is 5.02 Å². The van der Waals surface area contributed by atoms with Gasteiger partial charge in [-0.1, -0.05) is 30.7 Å². The number of benzene rings is 1. The van der Waals surface area contributed by atoms with Crippen molar-refractivity contribution in [2.24, 2.45) is 0 Å². The highest BCUT2D eigenvalue weighted by molar-refractivity contribution is 6.32. The molecule has 0 radical (unpaired) electrons. The lowest BCUT2D eigenvalue weighted by Crippen LogP contribution is -2.34. The molecule has 0 spiro atoms. The highest BCUT2D eigenvalue weighted by Gasteiger charge is 2.16. The predicted molar refractivity (Wildman–Crippen MR) is 73.0 cm³/mol. The van der Waals surface area contributed by atoms with Crippen LogP contribution in [0.1, 0.15) is 19.4 Å². The summed E-state index contributed by atoms with van der Waals surface area (Å²) in [5.74, 6) is 0.389. The fourth-order valence-corrected chi connectivity index (χ4v) is 1.76. The minimum Gasteiger partial charge on any atom is -0.479 e. The number of para-hydroxylation sites is 1. The molecule has 1 rings (SSSR count). The van der Waals surface area contributed by atoms with Crippen molar-refractivity contribution < 1.29 is 9.53 Å². The third-order valence-corrected chi connectivity index (χ3v) is 2.82. The van der Waals surface area contributed by atoms with Crippen molar-refractivity contribution in [3.63, 3.8) is 0 Å². The van der Waals surface area contributed by atoms with Crippen LogP contribution in [0.5, 0.6) is 5.75 Å². The Bertz CT molecular complexity index is 410. The van der Waals surface area contributed by atoms with Crippen molar-refractivity contribution in [1.29, 1.82) is 0 Å². The van der Waals surface area contributed by atoms with E-state index in [-0.39, 0.29) is 5.91 Å². The third kappa shape index (κ3) is 3.89. The molecule has 1 aromatic carbocycles. The first kappa shape index (κ1) is 14.8. The molecule has 1 aromatic rings. The van der Waals surface area contributed by atoms with E-state index in [2.05, 4.69) is 10.6 Å². The maximum atomic E-state index is 11.5. The van der Waals surface area contributed by atoms with E-state index in [1.54, 1.807) is 20.0 Å². The van der Waals surface area contributed by atoms with Crippen LogP contribution >= 0.6 is 11.6 Å². The summed E-state index contributed by atoms with van der Waals surface area (Å²) in [5, 5.41) is 6.27. The SMILES string of the molecule is CCNCc1cccc(Cl)c1OC(C)C(=O)NC. The predicted octanol–water partition coefficient (Wildman–Crippen LogP) is 1.96. The second-order valence-electron chi connectivity index (χ2n) is 3.88. The van der Waals surface area contributed by atoms with E-state index in [1.807, 2.05) is 19.1 Å². The lowest BCUT2D eigenvalue weighted by atomic mass is 10.2. The highest BCUT2D eigenvalue weighted by atomic mass is 35.5. The molecule has 2 N–H and O–H groups in total. The minimum atomic E-state index is -0.574. The fraction of sp³-hybridized carbons (Fsp3) is 0.462. The van der Waals surface area contributed by atoms with E-state index in [0.717, 1.165) is 12.1 Å². The molecule has 100 valence electrons. The van der Waals surface area contributed by atoms with Gasteiger partial charge in [0.25, 0.3) is 5.91 Å². The summed E-state index contributed by atoms with van der Waals surface area (Å²) in [7, 11) is 1.58. The number of amides is 1. The van der Waals surface area contributed by atoms with Crippen molar-refractivity contribution in [2.75, 3.05) is 13.6 Å². The quantitative estimate of drug-likeness (QED) is 0.831. The smallest absolute Gasteiger partial charge is 0.260 e. The number of hydrogen-bond acceptors (Lipinski definition) is 3. The van der Waals surface area contributed by atoms with Crippen LogP contribution < -0.4 is 15.4 Å². The van der Waals surface area contributed by atoms with Gasteiger partial charge in [0, 0.05) is 19.2 Å². The van der Waals surface area contributed by atoms with Crippen molar-refractivity contribution >= 4 is 17.5 Å². The van der Waals surface area contributed by atoms with Gasteiger partial charge in [0.15, 0.2) is 6.10 Å². The van der Waals surface area contributed by atoms with Crippen LogP contribution in [0.3, 0.4) is 0 Å². The molecule has 18 heavy (non-hydrogen) atoms. The largest absolute Gasteiger partial charge is 0.479 e. The topological polar surface area (TPSA) is 50.4 Å². The number of ether oxygens (including phenoxy) is 1. The van der Waals surface area contributed by atoms with Gasteiger partial charge in [-0.25, -0.2) is 0 Å². The van der Waals surface area contributed by atoms with Gasteiger partial charge < -0.3 is 15.4 Å². The minimum absolute atomic E-state index is 0.177. The monoisotopic (exact) mass is 270 g/mol. The van der Waals surface area contributed by atoms with Crippen LogP contribution in [0.15, 0.2) is 18.2 Å². The molecule has 1 amide bonds. The second-order valence-corrected chi connectivity index (χ2v) is 4.29. The van der Waals surface area contributed by atoms with Gasteiger partial charge in [-0.3, -0.25) is 4.79 Å². The molecule has 4 nitrogen and oxygen atoms in total. The molecule has 0 aliphatic carbocycles. The molecule has 0 aliphatic heterocycles. The lowest BCUT2D eigenvalue weighted by Gasteiger charge is -2.17. The van der Waals surface area contributed by atoms with Crippen LogP contribution in [0.25, 0.3) is 0 Å². The Morgan fingerprint density at radius 3 is 2.83 bits per heavy atom. The summed E-state index contributed by atoms with van der Waals surface area (Å²) < 4.78 is 5.64. The van der Waals surface area contributed by atoms with E-state index in [0.29, 0.717) is 17.3 Å². The van der Waals surface area contributed by atoms with Gasteiger partial charge in [0.1, 0.15) is 5.75 Å². The Balaban J connectivity index is 2.88. The number of carbonyl (C=O) groups excluding carboxylic acids is 1. The summed E-state index contributed by atoms with van der Waals surface area (Å²) in [6, 6.07) is 5.55. The Morgan fingerprint density at radius 1 is 1.50 bits per heavy atom. The first-order valence-corrected chi connectivity index (χ1v) is 6.34. The number of likely N-dealkylation sites (N-methyl/N-ethyl adjacent to an activating group) is 1. The third-order valence-electron chi connectivity index (χ3n) is 2.52. The number of nitrogens with one attached hydrogen (secondary N) is 2. The molecular weight excluding hydrogens is 252 g/mol. The van der Waals surface area contributed by atoms with E-state index in [4.69, 9.17) is 16.3 Å². The van der Waals surface area contributed by atoms with E-state index >= 15 is 0 Å². The summed E-state index contributed by atoms with van der Waals surface area (Å²) in [4.78, 5) is 11.5. The summed E-state index contributed by atoms with van der Waals surface area (Å²) in [6.07, 6.45) is -0.574. The molecule has 0 heterocycles. The van der Waals surface area contributed by atoms with Gasteiger partial charge in [0.05, 0.1) is 5.02 Å². The van der Waals surface area contributed by atoms with Crippen LogP contribution in [-0.4, -0.2) is 25.6 Å². The van der Waals surface area contributed by atoms with E-state index in [9.17, 15) is 4.79 Å². The average molecular weight is 271 g/mol. The molecule has 0 aliphatic rings. The second kappa shape index (κ2) is 7.24. The van der Waals surface area contributed by atoms with Crippen molar-refractivity contribution in [3.05, 3.63) is 28.8 Å².